The number of halogens is 1. The zero-order valence-corrected chi connectivity index (χ0v) is 14.7. The van der Waals surface area contributed by atoms with Crippen molar-refractivity contribution in [3.63, 3.8) is 0 Å². The Morgan fingerprint density at radius 3 is 2.27 bits per heavy atom. The van der Waals surface area contributed by atoms with E-state index < -0.39 is 30.3 Å². The summed E-state index contributed by atoms with van der Waals surface area (Å²) in [5.41, 5.74) is 0.322. The van der Waals surface area contributed by atoms with E-state index in [0.717, 1.165) is 0 Å². The Morgan fingerprint density at radius 1 is 1.00 bits per heavy atom. The summed E-state index contributed by atoms with van der Waals surface area (Å²) < 4.78 is 33.4. The van der Waals surface area contributed by atoms with Crippen LogP contribution >= 0.6 is 0 Å². The Bertz CT molecular complexity index is 772. The zero-order valence-electron chi connectivity index (χ0n) is 14.7. The molecule has 1 atom stereocenters. The van der Waals surface area contributed by atoms with E-state index in [1.807, 2.05) is 0 Å². The first kappa shape index (κ1) is 19.2. The van der Waals surface area contributed by atoms with E-state index in [1.165, 1.54) is 51.5 Å². The van der Waals surface area contributed by atoms with Crippen LogP contribution in [0.25, 0.3) is 0 Å². The maximum absolute atomic E-state index is 12.9. The van der Waals surface area contributed by atoms with Gasteiger partial charge in [-0.15, -0.1) is 0 Å². The van der Waals surface area contributed by atoms with E-state index in [0.29, 0.717) is 22.8 Å². The van der Waals surface area contributed by atoms with Crippen LogP contribution in [0.1, 0.15) is 17.3 Å². The van der Waals surface area contributed by atoms with Crippen LogP contribution in [0.5, 0.6) is 17.2 Å². The maximum atomic E-state index is 12.9. The average Bonchev–Trinajstić information content (AvgIpc) is 2.66. The van der Waals surface area contributed by atoms with Crippen molar-refractivity contribution >= 4 is 11.8 Å². The molecule has 2 aromatic rings. The van der Waals surface area contributed by atoms with E-state index in [9.17, 15) is 14.0 Å². The van der Waals surface area contributed by atoms with Gasteiger partial charge in [0.15, 0.2) is 30.0 Å². The highest BCUT2D eigenvalue weighted by Gasteiger charge is 2.19. The van der Waals surface area contributed by atoms with Crippen LogP contribution in [0.2, 0.25) is 0 Å². The Kier molecular flexibility index (Phi) is 6.54. The minimum Gasteiger partial charge on any atom is -0.493 e. The average molecular weight is 362 g/mol. The molecule has 2 rings (SSSR count). The lowest BCUT2D eigenvalue weighted by Gasteiger charge is -2.14. The molecule has 0 spiro atoms. The molecule has 0 aliphatic rings. The van der Waals surface area contributed by atoms with Crippen molar-refractivity contribution in [2.24, 2.45) is 0 Å². The molecule has 138 valence electrons. The fourth-order valence-electron chi connectivity index (χ4n) is 2.11. The summed E-state index contributed by atoms with van der Waals surface area (Å²) >= 11 is 0. The first-order valence-electron chi connectivity index (χ1n) is 7.78. The molecule has 2 aromatic carbocycles. The second kappa shape index (κ2) is 8.84. The third-order valence-electron chi connectivity index (χ3n) is 3.51. The first-order valence-corrected chi connectivity index (χ1v) is 7.78. The van der Waals surface area contributed by atoms with Gasteiger partial charge in [0.1, 0.15) is 11.6 Å². The molecule has 7 heteroatoms. The quantitative estimate of drug-likeness (QED) is 0.531. The lowest BCUT2D eigenvalue weighted by Crippen LogP contribution is -2.28. The summed E-state index contributed by atoms with van der Waals surface area (Å²) in [5, 5.41) is 0. The largest absolute Gasteiger partial charge is 0.493 e. The van der Waals surface area contributed by atoms with E-state index in [-0.39, 0.29) is 0 Å². The van der Waals surface area contributed by atoms with Crippen LogP contribution in [-0.2, 0) is 9.53 Å². The number of ketones is 1. The van der Waals surface area contributed by atoms with Gasteiger partial charge >= 0.3 is 5.97 Å². The zero-order chi connectivity index (χ0) is 19.1. The number of esters is 1. The van der Waals surface area contributed by atoms with Gasteiger partial charge in [0, 0.05) is 5.56 Å². The van der Waals surface area contributed by atoms with Gasteiger partial charge in [-0.25, -0.2) is 9.18 Å². The number of carbonyl (C=O) groups excluding carboxylic acids is 2. The van der Waals surface area contributed by atoms with Crippen LogP contribution in [0.4, 0.5) is 4.39 Å². The maximum Gasteiger partial charge on any atom is 0.347 e. The Labute approximate surface area is 150 Å². The molecular formula is C19H19FO6. The van der Waals surface area contributed by atoms with Crippen molar-refractivity contribution in [3.05, 3.63) is 53.8 Å². The van der Waals surface area contributed by atoms with Gasteiger partial charge in [-0.2, -0.15) is 0 Å². The van der Waals surface area contributed by atoms with Gasteiger partial charge < -0.3 is 18.9 Å². The molecule has 0 saturated heterocycles. The number of hydrogen-bond acceptors (Lipinski definition) is 6. The van der Waals surface area contributed by atoms with Crippen molar-refractivity contribution in [1.29, 1.82) is 0 Å². The summed E-state index contributed by atoms with van der Waals surface area (Å²) in [6.45, 7) is 1.04. The van der Waals surface area contributed by atoms with Crippen LogP contribution < -0.4 is 14.2 Å². The van der Waals surface area contributed by atoms with E-state index in [1.54, 1.807) is 12.1 Å². The number of benzene rings is 2. The number of rotatable bonds is 8. The number of hydrogen-bond donors (Lipinski definition) is 0. The SMILES string of the molecule is COc1ccc(C(=O)COC(=O)[C@H](C)Oc2ccc(F)cc2)cc1OC. The minimum atomic E-state index is -0.946. The molecule has 0 aliphatic carbocycles. The molecule has 0 aromatic heterocycles. The van der Waals surface area contributed by atoms with Gasteiger partial charge in [0.05, 0.1) is 14.2 Å². The Hall–Kier alpha value is -3.09. The van der Waals surface area contributed by atoms with E-state index in [4.69, 9.17) is 18.9 Å². The fraction of sp³-hybridized carbons (Fsp3) is 0.263. The van der Waals surface area contributed by atoms with Crippen molar-refractivity contribution in [3.8, 4) is 17.2 Å². The van der Waals surface area contributed by atoms with Gasteiger partial charge in [0.2, 0.25) is 0 Å². The van der Waals surface area contributed by atoms with Crippen molar-refractivity contribution in [2.75, 3.05) is 20.8 Å². The third-order valence-corrected chi connectivity index (χ3v) is 3.51. The first-order chi connectivity index (χ1) is 12.4. The van der Waals surface area contributed by atoms with Crippen LogP contribution in [0.15, 0.2) is 42.5 Å². The highest BCUT2D eigenvalue weighted by Crippen LogP contribution is 2.27. The molecular weight excluding hydrogens is 343 g/mol. The van der Waals surface area contributed by atoms with Crippen LogP contribution in [-0.4, -0.2) is 38.7 Å². The molecule has 0 fully saturated rings. The smallest absolute Gasteiger partial charge is 0.347 e. The van der Waals surface area contributed by atoms with Gasteiger partial charge in [-0.05, 0) is 49.4 Å². The standard InChI is InChI=1S/C19H19FO6/c1-12(26-15-7-5-14(20)6-8-15)19(22)25-11-16(21)13-4-9-17(23-2)18(10-13)24-3/h4-10,12H,11H2,1-3H3/t12-/m0/s1. The van der Waals surface area contributed by atoms with Crippen LogP contribution in [0.3, 0.4) is 0 Å². The number of ether oxygens (including phenoxy) is 4. The number of Topliss-reactive ketones (excluding diaryl/α,β-unsaturated/α-hetero) is 1. The van der Waals surface area contributed by atoms with Gasteiger partial charge in [-0.3, -0.25) is 4.79 Å². The monoisotopic (exact) mass is 362 g/mol. The number of carbonyl (C=O) groups is 2. The second-order valence-corrected chi connectivity index (χ2v) is 5.31. The molecule has 0 radical (unpaired) electrons. The fourth-order valence-corrected chi connectivity index (χ4v) is 2.11. The molecule has 0 bridgehead atoms. The molecule has 26 heavy (non-hydrogen) atoms. The molecule has 0 heterocycles. The Balaban J connectivity index is 1.91. The highest BCUT2D eigenvalue weighted by atomic mass is 19.1. The van der Waals surface area contributed by atoms with Gasteiger partial charge in [-0.1, -0.05) is 0 Å². The second-order valence-electron chi connectivity index (χ2n) is 5.31. The highest BCUT2D eigenvalue weighted by molar-refractivity contribution is 5.98. The lowest BCUT2D eigenvalue weighted by molar-refractivity contribution is -0.149. The molecule has 0 amide bonds. The van der Waals surface area contributed by atoms with Crippen molar-refractivity contribution in [1.82, 2.24) is 0 Å². The topological polar surface area (TPSA) is 71.1 Å². The minimum absolute atomic E-state index is 0.321. The van der Waals surface area contributed by atoms with Crippen molar-refractivity contribution in [2.45, 2.75) is 13.0 Å². The summed E-state index contributed by atoms with van der Waals surface area (Å²) in [5.74, 6) is -0.299. The predicted octanol–water partition coefficient (Wildman–Crippen LogP) is 3.04. The summed E-state index contributed by atoms with van der Waals surface area (Å²) in [6.07, 6.45) is -0.946. The summed E-state index contributed by atoms with van der Waals surface area (Å²) in [4.78, 5) is 24.1. The third kappa shape index (κ3) is 4.95. The van der Waals surface area contributed by atoms with E-state index in [2.05, 4.69) is 0 Å². The van der Waals surface area contributed by atoms with Crippen molar-refractivity contribution < 1.29 is 32.9 Å². The predicted molar refractivity (Wildman–Crippen MR) is 91.3 cm³/mol. The lowest BCUT2D eigenvalue weighted by atomic mass is 10.1. The van der Waals surface area contributed by atoms with Crippen LogP contribution in [0, 0.1) is 5.82 Å². The molecule has 0 N–H and O–H groups in total. The molecule has 6 nitrogen and oxygen atoms in total. The molecule has 0 aliphatic heterocycles. The Morgan fingerprint density at radius 2 is 1.65 bits per heavy atom. The molecule has 0 unspecified atom stereocenters. The van der Waals surface area contributed by atoms with E-state index >= 15 is 0 Å². The van der Waals surface area contributed by atoms with Gasteiger partial charge in [0.25, 0.3) is 0 Å². The summed E-state index contributed by atoms with van der Waals surface area (Å²) in [6, 6.07) is 9.88. The normalized spacial score (nSPS) is 11.4. The summed E-state index contributed by atoms with van der Waals surface area (Å²) in [7, 11) is 2.95. The molecule has 0 saturated carbocycles. The number of methoxy groups -OCH3 is 2.